The zero-order valence-corrected chi connectivity index (χ0v) is 19.2. The highest BCUT2D eigenvalue weighted by Gasteiger charge is 2.18. The van der Waals surface area contributed by atoms with Gasteiger partial charge < -0.3 is 23.5 Å². The predicted molar refractivity (Wildman–Crippen MR) is 122 cm³/mol. The fourth-order valence-corrected chi connectivity index (χ4v) is 4.24. The molecular formula is C23H24N2O6S. The van der Waals surface area contributed by atoms with Crippen LogP contribution in [0.5, 0.6) is 17.2 Å². The van der Waals surface area contributed by atoms with Gasteiger partial charge in [-0.05, 0) is 37.3 Å². The number of methoxy groups -OCH3 is 3. The Hall–Kier alpha value is -3.59. The summed E-state index contributed by atoms with van der Waals surface area (Å²) in [5.41, 5.74) is 1.56. The number of allylic oxidation sites excluding steroid dienone is 1. The number of benzene rings is 2. The molecule has 3 aromatic rings. The molecule has 0 spiro atoms. The molecule has 3 rings (SSSR count). The number of aromatic nitrogens is 1. The van der Waals surface area contributed by atoms with Gasteiger partial charge in [0.1, 0.15) is 0 Å². The van der Waals surface area contributed by atoms with Crippen LogP contribution in [0, 0.1) is 0 Å². The number of thiazole rings is 1. The van der Waals surface area contributed by atoms with Crippen LogP contribution in [0.4, 0.5) is 0 Å². The van der Waals surface area contributed by atoms with Gasteiger partial charge in [-0.25, -0.2) is 4.79 Å². The van der Waals surface area contributed by atoms with Crippen molar-refractivity contribution in [2.75, 3.05) is 27.9 Å². The van der Waals surface area contributed by atoms with Gasteiger partial charge >= 0.3 is 5.97 Å². The molecule has 0 aliphatic rings. The molecule has 168 valence electrons. The fraction of sp³-hybridized carbons (Fsp3) is 0.261. The zero-order valence-electron chi connectivity index (χ0n) is 18.3. The van der Waals surface area contributed by atoms with Crippen LogP contribution in [-0.2, 0) is 11.3 Å². The average Bonchev–Trinajstić information content (AvgIpc) is 3.14. The molecular weight excluding hydrogens is 432 g/mol. The van der Waals surface area contributed by atoms with Crippen LogP contribution >= 0.6 is 11.3 Å². The number of carbonyl (C=O) groups excluding carboxylic acids is 2. The summed E-state index contributed by atoms with van der Waals surface area (Å²) in [6, 6.07) is 8.34. The number of amides is 1. The Morgan fingerprint density at radius 3 is 2.31 bits per heavy atom. The summed E-state index contributed by atoms with van der Waals surface area (Å²) >= 11 is 1.30. The topological polar surface area (TPSA) is 88.4 Å². The quantitative estimate of drug-likeness (QED) is 0.378. The van der Waals surface area contributed by atoms with E-state index in [0.717, 1.165) is 10.2 Å². The molecule has 0 fully saturated rings. The molecule has 9 heteroatoms. The van der Waals surface area contributed by atoms with E-state index in [4.69, 9.17) is 18.9 Å². The SMILES string of the molecule is C=CCn1c(=NC(=O)c2cc(OC)c(OC)c(OC)c2)sc2cc(C(=O)OCC)ccc21. The first-order valence-electron chi connectivity index (χ1n) is 9.77. The number of ether oxygens (including phenoxy) is 4. The average molecular weight is 457 g/mol. The van der Waals surface area contributed by atoms with E-state index in [-0.39, 0.29) is 5.56 Å². The third-order valence-electron chi connectivity index (χ3n) is 4.61. The summed E-state index contributed by atoms with van der Waals surface area (Å²) < 4.78 is 23.7. The first kappa shape index (κ1) is 23.1. The molecule has 0 atom stereocenters. The van der Waals surface area contributed by atoms with Crippen LogP contribution in [0.15, 0.2) is 48.0 Å². The molecule has 0 N–H and O–H groups in total. The summed E-state index contributed by atoms with van der Waals surface area (Å²) in [5, 5.41) is 0. The van der Waals surface area contributed by atoms with Gasteiger partial charge in [-0.1, -0.05) is 17.4 Å². The summed E-state index contributed by atoms with van der Waals surface area (Å²) in [6.07, 6.45) is 1.72. The molecule has 1 amide bonds. The molecule has 0 aliphatic heterocycles. The lowest BCUT2D eigenvalue weighted by Crippen LogP contribution is -2.16. The lowest BCUT2D eigenvalue weighted by Gasteiger charge is -2.12. The molecule has 0 saturated heterocycles. The van der Waals surface area contributed by atoms with Crippen molar-refractivity contribution in [3.8, 4) is 17.2 Å². The number of nitrogens with zero attached hydrogens (tertiary/aromatic N) is 2. The summed E-state index contributed by atoms with van der Waals surface area (Å²) in [4.78, 5) is 29.9. The van der Waals surface area contributed by atoms with E-state index in [2.05, 4.69) is 11.6 Å². The minimum atomic E-state index is -0.473. The van der Waals surface area contributed by atoms with E-state index >= 15 is 0 Å². The van der Waals surface area contributed by atoms with E-state index in [1.165, 1.54) is 32.7 Å². The second-order valence-electron chi connectivity index (χ2n) is 6.52. The van der Waals surface area contributed by atoms with Gasteiger partial charge in [0.25, 0.3) is 5.91 Å². The van der Waals surface area contributed by atoms with Gasteiger partial charge in [0.2, 0.25) is 5.75 Å². The van der Waals surface area contributed by atoms with Crippen molar-refractivity contribution in [2.24, 2.45) is 4.99 Å². The maximum Gasteiger partial charge on any atom is 0.338 e. The molecule has 0 radical (unpaired) electrons. The second-order valence-corrected chi connectivity index (χ2v) is 7.53. The van der Waals surface area contributed by atoms with Crippen molar-refractivity contribution in [3.05, 3.63) is 58.9 Å². The number of fused-ring (bicyclic) bond motifs is 1. The lowest BCUT2D eigenvalue weighted by molar-refractivity contribution is 0.0526. The van der Waals surface area contributed by atoms with Crippen molar-refractivity contribution in [1.82, 2.24) is 4.57 Å². The molecule has 1 heterocycles. The number of rotatable bonds is 8. The monoisotopic (exact) mass is 456 g/mol. The van der Waals surface area contributed by atoms with E-state index in [0.29, 0.717) is 40.8 Å². The Kier molecular flexibility index (Phi) is 7.32. The Labute approximate surface area is 189 Å². The van der Waals surface area contributed by atoms with E-state index < -0.39 is 11.9 Å². The second kappa shape index (κ2) is 10.1. The number of hydrogen-bond donors (Lipinski definition) is 0. The highest BCUT2D eigenvalue weighted by molar-refractivity contribution is 7.16. The van der Waals surface area contributed by atoms with Gasteiger partial charge in [-0.15, -0.1) is 6.58 Å². The van der Waals surface area contributed by atoms with Gasteiger partial charge in [-0.2, -0.15) is 4.99 Å². The lowest BCUT2D eigenvalue weighted by atomic mass is 10.1. The molecule has 0 saturated carbocycles. The predicted octanol–water partition coefficient (Wildman–Crippen LogP) is 3.83. The standard InChI is InChI=1S/C23H24N2O6S/c1-6-10-25-16-9-8-14(22(27)31-7-2)13-19(16)32-23(25)24-21(26)15-11-17(28-3)20(30-5)18(12-15)29-4/h6,8-9,11-13H,1,7,10H2,2-5H3. The maximum absolute atomic E-state index is 13.0. The van der Waals surface area contributed by atoms with Crippen LogP contribution < -0.4 is 19.0 Å². The minimum absolute atomic E-state index is 0.286. The number of esters is 1. The molecule has 2 aromatic carbocycles. The molecule has 0 aliphatic carbocycles. The van der Waals surface area contributed by atoms with Gasteiger partial charge in [0.05, 0.1) is 43.7 Å². The Morgan fingerprint density at radius 2 is 1.75 bits per heavy atom. The van der Waals surface area contributed by atoms with Crippen molar-refractivity contribution >= 4 is 33.4 Å². The van der Waals surface area contributed by atoms with Crippen molar-refractivity contribution in [3.63, 3.8) is 0 Å². The van der Waals surface area contributed by atoms with Crippen LogP contribution in [0.1, 0.15) is 27.6 Å². The maximum atomic E-state index is 13.0. The van der Waals surface area contributed by atoms with Crippen LogP contribution in [0.2, 0.25) is 0 Å². The smallest absolute Gasteiger partial charge is 0.338 e. The fourth-order valence-electron chi connectivity index (χ4n) is 3.16. The Balaban J connectivity index is 2.12. The first-order chi connectivity index (χ1) is 15.5. The van der Waals surface area contributed by atoms with Crippen LogP contribution in [0.3, 0.4) is 0 Å². The van der Waals surface area contributed by atoms with E-state index in [9.17, 15) is 9.59 Å². The third-order valence-corrected chi connectivity index (χ3v) is 5.66. The zero-order chi connectivity index (χ0) is 23.3. The highest BCUT2D eigenvalue weighted by atomic mass is 32.1. The van der Waals surface area contributed by atoms with Gasteiger partial charge in [0, 0.05) is 12.1 Å². The molecule has 0 bridgehead atoms. The third kappa shape index (κ3) is 4.52. The summed E-state index contributed by atoms with van der Waals surface area (Å²) in [6.45, 7) is 6.28. The molecule has 1 aromatic heterocycles. The normalized spacial score (nSPS) is 11.3. The molecule has 8 nitrogen and oxygen atoms in total. The van der Waals surface area contributed by atoms with E-state index in [1.807, 2.05) is 10.6 Å². The van der Waals surface area contributed by atoms with Crippen molar-refractivity contribution < 1.29 is 28.5 Å². The van der Waals surface area contributed by atoms with Crippen molar-refractivity contribution in [1.29, 1.82) is 0 Å². The van der Waals surface area contributed by atoms with Crippen LogP contribution in [0.25, 0.3) is 10.2 Å². The Bertz CT molecular complexity index is 1220. The highest BCUT2D eigenvalue weighted by Crippen LogP contribution is 2.38. The van der Waals surface area contributed by atoms with Crippen LogP contribution in [-0.4, -0.2) is 44.4 Å². The largest absolute Gasteiger partial charge is 0.493 e. The first-order valence-corrected chi connectivity index (χ1v) is 10.6. The minimum Gasteiger partial charge on any atom is -0.493 e. The number of carbonyl (C=O) groups is 2. The van der Waals surface area contributed by atoms with E-state index in [1.54, 1.807) is 37.3 Å². The van der Waals surface area contributed by atoms with Crippen molar-refractivity contribution in [2.45, 2.75) is 13.5 Å². The Morgan fingerprint density at radius 1 is 1.06 bits per heavy atom. The number of hydrogen-bond acceptors (Lipinski definition) is 7. The van der Waals surface area contributed by atoms with Gasteiger partial charge in [0.15, 0.2) is 16.3 Å². The molecule has 0 unspecified atom stereocenters. The summed E-state index contributed by atoms with van der Waals surface area (Å²) in [5.74, 6) is 0.241. The summed E-state index contributed by atoms with van der Waals surface area (Å²) in [7, 11) is 4.45. The van der Waals surface area contributed by atoms with Gasteiger partial charge in [-0.3, -0.25) is 4.79 Å². The molecule has 32 heavy (non-hydrogen) atoms.